The molecule has 2 aliphatic rings. The van der Waals surface area contributed by atoms with Crippen LogP contribution in [-0.2, 0) is 16.0 Å². The lowest BCUT2D eigenvalue weighted by Gasteiger charge is -2.14. The van der Waals surface area contributed by atoms with Gasteiger partial charge in [-0.1, -0.05) is 60.4 Å². The van der Waals surface area contributed by atoms with E-state index in [0.717, 1.165) is 16.8 Å². The van der Waals surface area contributed by atoms with E-state index in [-0.39, 0.29) is 11.8 Å². The van der Waals surface area contributed by atoms with Gasteiger partial charge >= 0.3 is 6.09 Å². The summed E-state index contributed by atoms with van der Waals surface area (Å²) in [6, 6.07) is 22.2. The van der Waals surface area contributed by atoms with Crippen molar-refractivity contribution in [2.24, 2.45) is 0 Å². The summed E-state index contributed by atoms with van der Waals surface area (Å²) in [4.78, 5) is 23.6. The third kappa shape index (κ3) is 3.95. The molecule has 0 atom stereocenters. The summed E-state index contributed by atoms with van der Waals surface area (Å²) in [5.41, 5.74) is 7.49. The molecule has 0 spiro atoms. The molecule has 3 aromatic carbocycles. The molecule has 1 aliphatic heterocycles. The minimum absolute atomic E-state index is 0.0115. The van der Waals surface area contributed by atoms with Gasteiger partial charge < -0.3 is 15.4 Å². The number of fused-ring (bicyclic) bond motifs is 4. The molecular formula is C27H22N2O3. The van der Waals surface area contributed by atoms with E-state index in [2.05, 4.69) is 46.7 Å². The zero-order valence-corrected chi connectivity index (χ0v) is 17.5. The number of hydrogen-bond donors (Lipinski definition) is 2. The number of nitrogens with one attached hydrogen (secondary N) is 2. The summed E-state index contributed by atoms with van der Waals surface area (Å²) in [7, 11) is 0. The second-order valence-corrected chi connectivity index (χ2v) is 7.90. The van der Waals surface area contributed by atoms with Crippen LogP contribution in [0.2, 0.25) is 0 Å². The van der Waals surface area contributed by atoms with Crippen LogP contribution in [0.5, 0.6) is 0 Å². The molecule has 1 aliphatic carbocycles. The molecule has 0 aromatic heterocycles. The van der Waals surface area contributed by atoms with Gasteiger partial charge in [0, 0.05) is 30.1 Å². The van der Waals surface area contributed by atoms with Gasteiger partial charge in [0.25, 0.3) is 0 Å². The molecule has 0 unspecified atom stereocenters. The number of benzene rings is 3. The van der Waals surface area contributed by atoms with Crippen LogP contribution in [0.4, 0.5) is 10.5 Å². The number of carbonyl (C=O) groups excluding carboxylic acids is 2. The molecule has 0 saturated carbocycles. The Bertz CT molecular complexity index is 1220. The molecule has 5 heteroatoms. The van der Waals surface area contributed by atoms with E-state index in [9.17, 15) is 9.59 Å². The van der Waals surface area contributed by atoms with Gasteiger partial charge in [-0.05, 0) is 46.0 Å². The highest BCUT2D eigenvalue weighted by atomic mass is 16.5. The minimum Gasteiger partial charge on any atom is -0.449 e. The van der Waals surface area contributed by atoms with Crippen LogP contribution >= 0.6 is 0 Å². The van der Waals surface area contributed by atoms with E-state index in [1.807, 2.05) is 42.5 Å². The number of alkyl carbamates (subject to hydrolysis) is 1. The van der Waals surface area contributed by atoms with Gasteiger partial charge in [-0.15, -0.1) is 0 Å². The third-order valence-corrected chi connectivity index (χ3v) is 5.83. The molecule has 2 amide bonds. The van der Waals surface area contributed by atoms with Crippen molar-refractivity contribution in [3.05, 3.63) is 89.0 Å². The van der Waals surface area contributed by atoms with Crippen LogP contribution < -0.4 is 10.6 Å². The summed E-state index contributed by atoms with van der Waals surface area (Å²) >= 11 is 0. The summed E-state index contributed by atoms with van der Waals surface area (Å²) < 4.78 is 5.53. The maximum Gasteiger partial charge on any atom is 0.407 e. The predicted molar refractivity (Wildman–Crippen MR) is 123 cm³/mol. The zero-order chi connectivity index (χ0) is 21.9. The summed E-state index contributed by atoms with van der Waals surface area (Å²) in [5, 5.41) is 5.58. The number of ether oxygens (including phenoxy) is 1. The van der Waals surface area contributed by atoms with Gasteiger partial charge in [-0.3, -0.25) is 4.79 Å². The maximum absolute atomic E-state index is 12.2. The Morgan fingerprint density at radius 3 is 2.50 bits per heavy atom. The molecule has 0 fully saturated rings. The number of rotatable bonds is 4. The number of hydrogen-bond acceptors (Lipinski definition) is 3. The van der Waals surface area contributed by atoms with Crippen molar-refractivity contribution < 1.29 is 14.3 Å². The first kappa shape index (κ1) is 19.9. The second kappa shape index (κ2) is 8.60. The molecule has 0 bridgehead atoms. The van der Waals surface area contributed by atoms with Gasteiger partial charge in [0.2, 0.25) is 5.91 Å². The molecule has 158 valence electrons. The Morgan fingerprint density at radius 2 is 1.75 bits per heavy atom. The highest BCUT2D eigenvalue weighted by Gasteiger charge is 2.28. The summed E-state index contributed by atoms with van der Waals surface area (Å²) in [6.45, 7) is 0.710. The van der Waals surface area contributed by atoms with Crippen molar-refractivity contribution in [3.63, 3.8) is 0 Å². The van der Waals surface area contributed by atoms with E-state index >= 15 is 0 Å². The average molecular weight is 422 g/mol. The average Bonchev–Trinajstić information content (AvgIpc) is 3.34. The first-order valence-corrected chi connectivity index (χ1v) is 10.7. The van der Waals surface area contributed by atoms with Crippen molar-refractivity contribution >= 4 is 17.7 Å². The Labute approximate surface area is 186 Å². The van der Waals surface area contributed by atoms with E-state index in [1.165, 1.54) is 22.3 Å². The van der Waals surface area contributed by atoms with Gasteiger partial charge in [-0.2, -0.15) is 0 Å². The van der Waals surface area contributed by atoms with Crippen molar-refractivity contribution in [2.45, 2.75) is 18.8 Å². The van der Waals surface area contributed by atoms with Gasteiger partial charge in [0.05, 0.1) is 6.42 Å². The molecular weight excluding hydrogens is 400 g/mol. The Hall–Kier alpha value is -4.04. The number of carbonyl (C=O) groups is 2. The van der Waals surface area contributed by atoms with Gasteiger partial charge in [0.1, 0.15) is 6.61 Å². The van der Waals surface area contributed by atoms with E-state index in [1.54, 1.807) is 0 Å². The SMILES string of the molecule is O=C1Cc2cc(C#CCCNC(=O)OCC3c4ccccc4-c4ccccc43)ccc2N1. The lowest BCUT2D eigenvalue weighted by atomic mass is 9.98. The zero-order valence-electron chi connectivity index (χ0n) is 17.5. The molecule has 32 heavy (non-hydrogen) atoms. The van der Waals surface area contributed by atoms with Crippen LogP contribution in [0.15, 0.2) is 66.7 Å². The number of amides is 2. The second-order valence-electron chi connectivity index (χ2n) is 7.90. The molecule has 0 radical (unpaired) electrons. The highest BCUT2D eigenvalue weighted by Crippen LogP contribution is 2.44. The standard InChI is InChI=1S/C27H22N2O3/c30-26-16-19-15-18(12-13-25(19)29-26)7-5-6-14-28-27(31)32-17-24-22-10-3-1-8-20(22)21-9-2-4-11-23(21)24/h1-4,8-13,15,24H,6,14,16-17H2,(H,28,31)(H,29,30). The molecule has 0 saturated heterocycles. The van der Waals surface area contributed by atoms with Crippen LogP contribution in [-0.4, -0.2) is 25.2 Å². The molecule has 5 rings (SSSR count). The maximum atomic E-state index is 12.2. The fraction of sp³-hybridized carbons (Fsp3) is 0.185. The van der Waals surface area contributed by atoms with Gasteiger partial charge in [-0.25, -0.2) is 4.79 Å². The predicted octanol–water partition coefficient (Wildman–Crippen LogP) is 4.46. The lowest BCUT2D eigenvalue weighted by Crippen LogP contribution is -2.26. The lowest BCUT2D eigenvalue weighted by molar-refractivity contribution is -0.115. The summed E-state index contributed by atoms with van der Waals surface area (Å²) in [5.74, 6) is 6.20. The van der Waals surface area contributed by atoms with Gasteiger partial charge in [0.15, 0.2) is 0 Å². The van der Waals surface area contributed by atoms with Crippen molar-refractivity contribution in [2.75, 3.05) is 18.5 Å². The monoisotopic (exact) mass is 422 g/mol. The van der Waals surface area contributed by atoms with Crippen LogP contribution in [0, 0.1) is 11.8 Å². The van der Waals surface area contributed by atoms with Crippen LogP contribution in [0.1, 0.15) is 34.6 Å². The van der Waals surface area contributed by atoms with E-state index < -0.39 is 6.09 Å². The molecule has 2 N–H and O–H groups in total. The topological polar surface area (TPSA) is 67.4 Å². The number of anilines is 1. The van der Waals surface area contributed by atoms with Crippen LogP contribution in [0.25, 0.3) is 11.1 Å². The van der Waals surface area contributed by atoms with Crippen molar-refractivity contribution in [3.8, 4) is 23.0 Å². The van der Waals surface area contributed by atoms with E-state index in [4.69, 9.17) is 4.74 Å². The molecule has 5 nitrogen and oxygen atoms in total. The van der Waals surface area contributed by atoms with Crippen molar-refractivity contribution in [1.29, 1.82) is 0 Å². The smallest absolute Gasteiger partial charge is 0.407 e. The quantitative estimate of drug-likeness (QED) is 0.482. The molecule has 1 heterocycles. The first-order chi connectivity index (χ1) is 15.7. The molecule has 3 aromatic rings. The van der Waals surface area contributed by atoms with Crippen LogP contribution in [0.3, 0.4) is 0 Å². The Morgan fingerprint density at radius 1 is 1.03 bits per heavy atom. The Kier molecular flexibility index (Phi) is 5.35. The normalized spacial score (nSPS) is 13.3. The van der Waals surface area contributed by atoms with E-state index in [0.29, 0.717) is 26.0 Å². The first-order valence-electron chi connectivity index (χ1n) is 10.7. The Balaban J connectivity index is 1.12. The third-order valence-electron chi connectivity index (χ3n) is 5.83. The largest absolute Gasteiger partial charge is 0.449 e. The minimum atomic E-state index is -0.434. The summed E-state index contributed by atoms with van der Waals surface area (Å²) in [6.07, 6.45) is 0.475. The van der Waals surface area contributed by atoms with Crippen molar-refractivity contribution in [1.82, 2.24) is 5.32 Å². The highest BCUT2D eigenvalue weighted by molar-refractivity contribution is 5.99. The fourth-order valence-electron chi connectivity index (χ4n) is 4.35. The fourth-order valence-corrected chi connectivity index (χ4v) is 4.35.